The molecule has 0 saturated heterocycles. The van der Waals surface area contributed by atoms with Crippen LogP contribution in [0.25, 0.3) is 69.7 Å². The number of rotatable bonds is 2. The van der Waals surface area contributed by atoms with Crippen molar-refractivity contribution in [3.8, 4) is 16.8 Å². The fourth-order valence-corrected chi connectivity index (χ4v) is 6.75. The largest absolute Gasteiger partial charge is 0.308 e. The zero-order valence-corrected chi connectivity index (χ0v) is 22.3. The maximum atomic E-state index is 4.85. The second kappa shape index (κ2) is 9.50. The van der Waals surface area contributed by atoms with Crippen molar-refractivity contribution in [1.82, 2.24) is 14.5 Å². The van der Waals surface area contributed by atoms with E-state index < -0.39 is 0 Å². The minimum atomic E-state index is 1.05. The summed E-state index contributed by atoms with van der Waals surface area (Å²) in [7, 11) is 0. The molecule has 186 valence electrons. The van der Waals surface area contributed by atoms with Crippen molar-refractivity contribution in [2.75, 3.05) is 0 Å². The summed E-state index contributed by atoms with van der Waals surface area (Å²) in [6.45, 7) is 5.25. The van der Waals surface area contributed by atoms with Gasteiger partial charge in [-0.3, -0.25) is 9.97 Å². The molecule has 4 aromatic carbocycles. The van der Waals surface area contributed by atoms with E-state index in [0.29, 0.717) is 0 Å². The van der Waals surface area contributed by atoms with Crippen LogP contribution in [0.3, 0.4) is 0 Å². The van der Waals surface area contributed by atoms with E-state index >= 15 is 0 Å². The molecule has 0 aliphatic heterocycles. The number of hydrogen-bond acceptors (Lipinski definition) is 3. The van der Waals surface area contributed by atoms with E-state index in [1.807, 2.05) is 42.9 Å². The molecular formula is C35H25N3S. The van der Waals surface area contributed by atoms with Gasteiger partial charge in [0.15, 0.2) is 0 Å². The van der Waals surface area contributed by atoms with E-state index in [-0.39, 0.29) is 0 Å². The molecule has 0 aliphatic rings. The number of benzene rings is 4. The van der Waals surface area contributed by atoms with E-state index in [0.717, 1.165) is 33.2 Å². The number of fused-ring (bicyclic) bond motifs is 8. The zero-order valence-electron chi connectivity index (χ0n) is 21.5. The fourth-order valence-electron chi connectivity index (χ4n) is 5.51. The van der Waals surface area contributed by atoms with Crippen LogP contribution in [0.1, 0.15) is 6.92 Å². The third-order valence-corrected chi connectivity index (χ3v) is 8.34. The molecule has 3 nitrogen and oxygen atoms in total. The molecule has 4 heterocycles. The average Bonchev–Trinajstić information content (AvgIpc) is 3.53. The van der Waals surface area contributed by atoms with Gasteiger partial charge in [-0.05, 0) is 54.3 Å². The standard InChI is InChI=1S/C32H19N3S.C3H6/c1-2-7-23-21(6-1)18-33-19-26(23)20-11-13-22(14-12-20)35-27-16-15-25-24-8-3-4-10-29(24)36-32(25)30(27)31-28(35)9-5-17-34-31;1-3-2/h1-19H;3H,1H2,2H3. The van der Waals surface area contributed by atoms with Gasteiger partial charge in [-0.1, -0.05) is 66.7 Å². The van der Waals surface area contributed by atoms with E-state index in [4.69, 9.17) is 4.98 Å². The number of pyridine rings is 2. The van der Waals surface area contributed by atoms with E-state index in [1.54, 1.807) is 6.08 Å². The highest BCUT2D eigenvalue weighted by molar-refractivity contribution is 7.26. The Labute approximate surface area is 230 Å². The first-order chi connectivity index (χ1) is 19.3. The Kier molecular flexibility index (Phi) is 5.68. The Balaban J connectivity index is 0.000000809. The molecule has 4 heteroatoms. The molecule has 4 aromatic heterocycles. The minimum absolute atomic E-state index is 1.05. The van der Waals surface area contributed by atoms with Crippen LogP contribution >= 0.6 is 11.3 Å². The van der Waals surface area contributed by atoms with Crippen molar-refractivity contribution in [1.29, 1.82) is 0 Å². The highest BCUT2D eigenvalue weighted by atomic mass is 32.1. The molecule has 8 aromatic rings. The van der Waals surface area contributed by atoms with Gasteiger partial charge in [-0.2, -0.15) is 0 Å². The average molecular weight is 520 g/mol. The lowest BCUT2D eigenvalue weighted by Gasteiger charge is -2.10. The summed E-state index contributed by atoms with van der Waals surface area (Å²) in [5.41, 5.74) is 6.79. The topological polar surface area (TPSA) is 30.7 Å². The third kappa shape index (κ3) is 3.72. The lowest BCUT2D eigenvalue weighted by atomic mass is 10.0. The number of aromatic nitrogens is 3. The lowest BCUT2D eigenvalue weighted by Crippen LogP contribution is -1.94. The molecule has 0 amide bonds. The van der Waals surface area contributed by atoms with Crippen molar-refractivity contribution >= 4 is 64.2 Å². The summed E-state index contributed by atoms with van der Waals surface area (Å²) in [4.78, 5) is 9.33. The van der Waals surface area contributed by atoms with Crippen LogP contribution in [0.15, 0.2) is 128 Å². The minimum Gasteiger partial charge on any atom is -0.308 e. The van der Waals surface area contributed by atoms with Gasteiger partial charge in [0.05, 0.1) is 16.6 Å². The van der Waals surface area contributed by atoms with Gasteiger partial charge in [0.25, 0.3) is 0 Å². The fraction of sp³-hybridized carbons (Fsp3) is 0.0286. The number of allylic oxidation sites excluding steroid dienone is 1. The SMILES string of the molecule is C=CC.c1ccc2c(-c3ccc(-n4c5cccnc5c5c6sc7ccccc7c6ccc54)cc3)cncc2c1. The van der Waals surface area contributed by atoms with Crippen LogP contribution in [0.2, 0.25) is 0 Å². The summed E-state index contributed by atoms with van der Waals surface area (Å²) in [6.07, 6.45) is 7.53. The van der Waals surface area contributed by atoms with E-state index in [9.17, 15) is 0 Å². The highest BCUT2D eigenvalue weighted by Gasteiger charge is 2.18. The lowest BCUT2D eigenvalue weighted by molar-refractivity contribution is 1.18. The third-order valence-electron chi connectivity index (χ3n) is 7.13. The smallest absolute Gasteiger partial charge is 0.0977 e. The molecule has 0 N–H and O–H groups in total. The van der Waals surface area contributed by atoms with Crippen LogP contribution in [0.5, 0.6) is 0 Å². The second-order valence-corrected chi connectivity index (χ2v) is 10.6. The molecular weight excluding hydrogens is 494 g/mol. The summed E-state index contributed by atoms with van der Waals surface area (Å²) in [5, 5.41) is 6.20. The van der Waals surface area contributed by atoms with E-state index in [1.165, 1.54) is 36.5 Å². The monoisotopic (exact) mass is 519 g/mol. The van der Waals surface area contributed by atoms with E-state index in [2.05, 4.69) is 107 Å². The van der Waals surface area contributed by atoms with Gasteiger partial charge >= 0.3 is 0 Å². The summed E-state index contributed by atoms with van der Waals surface area (Å²) < 4.78 is 4.95. The van der Waals surface area contributed by atoms with Crippen molar-refractivity contribution in [2.24, 2.45) is 0 Å². The molecule has 0 spiro atoms. The zero-order chi connectivity index (χ0) is 26.3. The predicted octanol–water partition coefficient (Wildman–Crippen LogP) is 9.95. The summed E-state index contributed by atoms with van der Waals surface area (Å²) >= 11 is 1.86. The van der Waals surface area contributed by atoms with Crippen molar-refractivity contribution in [3.63, 3.8) is 0 Å². The molecule has 0 fully saturated rings. The van der Waals surface area contributed by atoms with Gasteiger partial charge in [0.1, 0.15) is 0 Å². The van der Waals surface area contributed by atoms with Crippen LogP contribution in [-0.2, 0) is 0 Å². The van der Waals surface area contributed by atoms with Gasteiger partial charge in [-0.15, -0.1) is 17.9 Å². The molecule has 0 bridgehead atoms. The first-order valence-corrected chi connectivity index (χ1v) is 13.8. The number of nitrogens with zero attached hydrogens (tertiary/aromatic N) is 3. The van der Waals surface area contributed by atoms with Crippen molar-refractivity contribution in [3.05, 3.63) is 128 Å². The molecule has 0 unspecified atom stereocenters. The van der Waals surface area contributed by atoms with Gasteiger partial charge < -0.3 is 4.57 Å². The van der Waals surface area contributed by atoms with Gasteiger partial charge in [0, 0.05) is 60.8 Å². The summed E-state index contributed by atoms with van der Waals surface area (Å²) in [5.74, 6) is 0. The van der Waals surface area contributed by atoms with Gasteiger partial charge in [-0.25, -0.2) is 0 Å². The Morgan fingerprint density at radius 1 is 0.744 bits per heavy atom. The Morgan fingerprint density at radius 3 is 2.36 bits per heavy atom. The quantitative estimate of drug-likeness (QED) is 0.213. The molecule has 0 radical (unpaired) electrons. The second-order valence-electron chi connectivity index (χ2n) is 9.50. The van der Waals surface area contributed by atoms with Crippen LogP contribution in [0, 0.1) is 0 Å². The Hall–Kier alpha value is -4.80. The van der Waals surface area contributed by atoms with Crippen molar-refractivity contribution < 1.29 is 0 Å². The molecule has 39 heavy (non-hydrogen) atoms. The van der Waals surface area contributed by atoms with Crippen LogP contribution in [0.4, 0.5) is 0 Å². The molecule has 0 saturated carbocycles. The maximum absolute atomic E-state index is 4.85. The Morgan fingerprint density at radius 2 is 1.51 bits per heavy atom. The molecule has 0 aliphatic carbocycles. The maximum Gasteiger partial charge on any atom is 0.0977 e. The normalized spacial score (nSPS) is 11.3. The number of hydrogen-bond donors (Lipinski definition) is 0. The predicted molar refractivity (Wildman–Crippen MR) is 168 cm³/mol. The van der Waals surface area contributed by atoms with Crippen LogP contribution in [-0.4, -0.2) is 14.5 Å². The Bertz CT molecular complexity index is 2140. The first kappa shape index (κ1) is 23.3. The van der Waals surface area contributed by atoms with Gasteiger partial charge in [0.2, 0.25) is 0 Å². The molecule has 0 atom stereocenters. The highest BCUT2D eigenvalue weighted by Crippen LogP contribution is 2.42. The number of thiophene rings is 1. The summed E-state index contributed by atoms with van der Waals surface area (Å²) in [6, 6.07) is 34.6. The van der Waals surface area contributed by atoms with Crippen molar-refractivity contribution in [2.45, 2.75) is 6.92 Å². The first-order valence-electron chi connectivity index (χ1n) is 13.0. The van der Waals surface area contributed by atoms with Crippen LogP contribution < -0.4 is 0 Å². The molecule has 8 rings (SSSR count).